The van der Waals surface area contributed by atoms with Gasteiger partial charge in [-0.15, -0.1) is 0 Å². The van der Waals surface area contributed by atoms with Crippen LogP contribution < -0.4 is 4.74 Å². The smallest absolute Gasteiger partial charge is 0.417 e. The predicted octanol–water partition coefficient (Wildman–Crippen LogP) is 3.67. The average Bonchev–Trinajstić information content (AvgIpc) is 2.98. The molecule has 1 fully saturated rings. The highest BCUT2D eigenvalue weighted by Gasteiger charge is 2.48. The van der Waals surface area contributed by atoms with E-state index in [4.69, 9.17) is 4.74 Å². The van der Waals surface area contributed by atoms with E-state index in [1.165, 1.54) is 6.07 Å². The average molecular weight is 245 g/mol. The second-order valence-corrected chi connectivity index (χ2v) is 4.70. The molecule has 1 aromatic rings. The summed E-state index contributed by atoms with van der Waals surface area (Å²) in [6.07, 6.45) is -1.66. The van der Waals surface area contributed by atoms with E-state index in [2.05, 4.69) is 4.98 Å². The van der Waals surface area contributed by atoms with E-state index in [0.29, 0.717) is 5.92 Å². The van der Waals surface area contributed by atoms with Crippen LogP contribution in [0.5, 0.6) is 5.88 Å². The molecule has 0 N–H and O–H groups in total. The topological polar surface area (TPSA) is 22.1 Å². The van der Waals surface area contributed by atoms with Crippen LogP contribution in [-0.2, 0) is 6.18 Å². The zero-order chi connectivity index (χ0) is 12.7. The Kier molecular flexibility index (Phi) is 2.79. The van der Waals surface area contributed by atoms with Gasteiger partial charge in [0.1, 0.15) is 5.60 Å². The largest absolute Gasteiger partial charge is 0.471 e. The Balaban J connectivity index is 2.09. The third-order valence-corrected chi connectivity index (χ3v) is 3.17. The molecule has 0 atom stereocenters. The van der Waals surface area contributed by atoms with Crippen molar-refractivity contribution in [2.75, 3.05) is 0 Å². The van der Waals surface area contributed by atoms with Crippen molar-refractivity contribution in [3.05, 3.63) is 23.9 Å². The Morgan fingerprint density at radius 2 is 1.94 bits per heavy atom. The van der Waals surface area contributed by atoms with Crippen LogP contribution in [0.2, 0.25) is 0 Å². The molecule has 1 aromatic heterocycles. The number of alkyl halides is 3. The highest BCUT2D eigenvalue weighted by Crippen LogP contribution is 2.45. The highest BCUT2D eigenvalue weighted by atomic mass is 19.4. The molecule has 1 saturated carbocycles. The van der Waals surface area contributed by atoms with E-state index in [1.807, 2.05) is 13.8 Å². The van der Waals surface area contributed by atoms with Gasteiger partial charge in [0.05, 0.1) is 5.56 Å². The number of rotatable bonds is 3. The van der Waals surface area contributed by atoms with E-state index in [9.17, 15) is 13.2 Å². The molecule has 94 valence electrons. The van der Waals surface area contributed by atoms with Crippen LogP contribution in [-0.4, -0.2) is 10.6 Å². The first-order chi connectivity index (χ1) is 7.83. The van der Waals surface area contributed by atoms with Gasteiger partial charge in [-0.25, -0.2) is 4.98 Å². The van der Waals surface area contributed by atoms with Gasteiger partial charge in [-0.1, -0.05) is 13.8 Å². The maximum Gasteiger partial charge on any atom is 0.417 e. The van der Waals surface area contributed by atoms with Crippen molar-refractivity contribution in [3.8, 4) is 5.88 Å². The fraction of sp³-hybridized carbons (Fsp3) is 0.583. The SMILES string of the molecule is CC(C)C1(Oc2ccc(C(F)(F)F)cn2)CC1. The molecule has 0 aliphatic heterocycles. The van der Waals surface area contributed by atoms with E-state index < -0.39 is 11.7 Å². The molecule has 1 aliphatic carbocycles. The van der Waals surface area contributed by atoms with Gasteiger partial charge in [0.2, 0.25) is 5.88 Å². The third kappa shape index (κ3) is 2.53. The van der Waals surface area contributed by atoms with Gasteiger partial charge in [-0.3, -0.25) is 0 Å². The lowest BCUT2D eigenvalue weighted by Crippen LogP contribution is -2.25. The second-order valence-electron chi connectivity index (χ2n) is 4.70. The molecule has 2 nitrogen and oxygen atoms in total. The quantitative estimate of drug-likeness (QED) is 0.810. The number of halogens is 3. The van der Waals surface area contributed by atoms with Crippen LogP contribution in [0.15, 0.2) is 18.3 Å². The molecule has 2 rings (SSSR count). The van der Waals surface area contributed by atoms with Crippen molar-refractivity contribution in [1.29, 1.82) is 0 Å². The second kappa shape index (κ2) is 3.89. The summed E-state index contributed by atoms with van der Waals surface area (Å²) in [5.41, 5.74) is -0.966. The fourth-order valence-electron chi connectivity index (χ4n) is 1.74. The van der Waals surface area contributed by atoms with E-state index >= 15 is 0 Å². The zero-order valence-electron chi connectivity index (χ0n) is 9.71. The number of ether oxygens (including phenoxy) is 1. The van der Waals surface area contributed by atoms with Gasteiger partial charge < -0.3 is 4.74 Å². The molecule has 0 saturated heterocycles. The number of hydrogen-bond donors (Lipinski definition) is 0. The van der Waals surface area contributed by atoms with Crippen LogP contribution in [0, 0.1) is 5.92 Å². The first-order valence-electron chi connectivity index (χ1n) is 5.56. The molecule has 0 amide bonds. The standard InChI is InChI=1S/C12H14F3NO/c1-8(2)11(5-6-11)17-10-4-3-9(7-16-10)12(13,14)15/h3-4,7-8H,5-6H2,1-2H3. The van der Waals surface area contributed by atoms with Gasteiger partial charge in [0.15, 0.2) is 0 Å². The maximum absolute atomic E-state index is 12.3. The van der Waals surface area contributed by atoms with Gasteiger partial charge in [0.25, 0.3) is 0 Å². The minimum Gasteiger partial charge on any atom is -0.471 e. The number of pyridine rings is 1. The molecule has 5 heteroatoms. The Morgan fingerprint density at radius 1 is 1.29 bits per heavy atom. The van der Waals surface area contributed by atoms with Gasteiger partial charge >= 0.3 is 6.18 Å². The van der Waals surface area contributed by atoms with Crippen molar-refractivity contribution in [3.63, 3.8) is 0 Å². The van der Waals surface area contributed by atoms with Crippen molar-refractivity contribution in [2.24, 2.45) is 5.92 Å². The lowest BCUT2D eigenvalue weighted by molar-refractivity contribution is -0.137. The highest BCUT2D eigenvalue weighted by molar-refractivity contribution is 5.21. The van der Waals surface area contributed by atoms with Crippen LogP contribution in [0.4, 0.5) is 13.2 Å². The lowest BCUT2D eigenvalue weighted by Gasteiger charge is -2.21. The van der Waals surface area contributed by atoms with Crippen LogP contribution >= 0.6 is 0 Å². The molecule has 1 aliphatic rings. The Labute approximate surface area is 97.8 Å². The summed E-state index contributed by atoms with van der Waals surface area (Å²) in [4.78, 5) is 3.71. The van der Waals surface area contributed by atoms with Crippen molar-refractivity contribution in [1.82, 2.24) is 4.98 Å². The molecule has 0 spiro atoms. The molecule has 17 heavy (non-hydrogen) atoms. The van der Waals surface area contributed by atoms with Crippen LogP contribution in [0.25, 0.3) is 0 Å². The normalized spacial score (nSPS) is 18.2. The van der Waals surface area contributed by atoms with E-state index in [-0.39, 0.29) is 11.5 Å². The Bertz CT molecular complexity index is 393. The molecule has 0 aromatic carbocycles. The van der Waals surface area contributed by atoms with Crippen molar-refractivity contribution < 1.29 is 17.9 Å². The summed E-state index contributed by atoms with van der Waals surface area (Å²) in [6.45, 7) is 4.08. The fourth-order valence-corrected chi connectivity index (χ4v) is 1.74. The summed E-state index contributed by atoms with van der Waals surface area (Å²) in [6, 6.07) is 2.28. The monoisotopic (exact) mass is 245 g/mol. The minimum absolute atomic E-state index is 0.216. The Hall–Kier alpha value is -1.26. The zero-order valence-corrected chi connectivity index (χ0v) is 9.71. The summed E-state index contributed by atoms with van der Waals surface area (Å²) < 4.78 is 42.6. The third-order valence-electron chi connectivity index (χ3n) is 3.17. The molecule has 0 radical (unpaired) electrons. The van der Waals surface area contributed by atoms with Gasteiger partial charge in [0, 0.05) is 12.3 Å². The van der Waals surface area contributed by atoms with E-state index in [0.717, 1.165) is 25.1 Å². The summed E-state index contributed by atoms with van der Waals surface area (Å²) >= 11 is 0. The summed E-state index contributed by atoms with van der Waals surface area (Å²) in [5, 5.41) is 0. The number of hydrogen-bond acceptors (Lipinski definition) is 2. The lowest BCUT2D eigenvalue weighted by atomic mass is 10.1. The van der Waals surface area contributed by atoms with Gasteiger partial charge in [-0.05, 0) is 24.8 Å². The molecule has 0 unspecified atom stereocenters. The molecule has 1 heterocycles. The minimum atomic E-state index is -4.35. The molecular weight excluding hydrogens is 231 g/mol. The van der Waals surface area contributed by atoms with Crippen LogP contribution in [0.1, 0.15) is 32.3 Å². The van der Waals surface area contributed by atoms with Gasteiger partial charge in [-0.2, -0.15) is 13.2 Å². The summed E-state index contributed by atoms with van der Waals surface area (Å²) in [5.74, 6) is 0.607. The first kappa shape index (κ1) is 12.2. The molecule has 0 bridgehead atoms. The van der Waals surface area contributed by atoms with Crippen LogP contribution in [0.3, 0.4) is 0 Å². The number of aromatic nitrogens is 1. The predicted molar refractivity (Wildman–Crippen MR) is 56.7 cm³/mol. The van der Waals surface area contributed by atoms with E-state index in [1.54, 1.807) is 0 Å². The van der Waals surface area contributed by atoms with Crippen molar-refractivity contribution >= 4 is 0 Å². The number of nitrogens with zero attached hydrogens (tertiary/aromatic N) is 1. The first-order valence-corrected chi connectivity index (χ1v) is 5.56. The summed E-state index contributed by atoms with van der Waals surface area (Å²) in [7, 11) is 0. The maximum atomic E-state index is 12.3. The Morgan fingerprint density at radius 3 is 2.29 bits per heavy atom. The molecular formula is C12H14F3NO. The van der Waals surface area contributed by atoms with Crippen molar-refractivity contribution in [2.45, 2.75) is 38.5 Å².